The number of urea groups is 1. The number of benzene rings is 2. The van der Waals surface area contributed by atoms with Gasteiger partial charge in [-0.1, -0.05) is 17.4 Å². The predicted octanol–water partition coefficient (Wildman–Crippen LogP) is 3.46. The first-order valence-corrected chi connectivity index (χ1v) is 9.95. The zero-order valence-corrected chi connectivity index (χ0v) is 17.1. The molecule has 4 rings (SSSR count). The van der Waals surface area contributed by atoms with Crippen molar-refractivity contribution in [3.05, 3.63) is 57.5 Å². The maximum atomic E-state index is 12.4. The molecule has 0 spiro atoms. The summed E-state index contributed by atoms with van der Waals surface area (Å²) in [7, 11) is 0. The number of aryl methyl sites for hydroxylation is 2. The van der Waals surface area contributed by atoms with Crippen LogP contribution in [0.4, 0.5) is 16.2 Å². The lowest BCUT2D eigenvalue weighted by Gasteiger charge is -2.08. The van der Waals surface area contributed by atoms with Crippen LogP contribution in [0.25, 0.3) is 0 Å². The van der Waals surface area contributed by atoms with Gasteiger partial charge >= 0.3 is 6.03 Å². The SMILES string of the molecule is Cc1ccc(NC(=O)NCc2nnc(C(=O)Nc3ccc4c(c3)OCO4)s2)cc1C. The van der Waals surface area contributed by atoms with Gasteiger partial charge in [0.2, 0.25) is 11.8 Å². The summed E-state index contributed by atoms with van der Waals surface area (Å²) in [6, 6.07) is 10.4. The minimum atomic E-state index is -0.391. The average molecular weight is 425 g/mol. The molecule has 2 heterocycles. The number of ether oxygens (including phenoxy) is 2. The number of rotatable bonds is 5. The fourth-order valence-electron chi connectivity index (χ4n) is 2.73. The lowest BCUT2D eigenvalue weighted by Crippen LogP contribution is -2.28. The Bertz CT molecular complexity index is 1110. The number of amides is 3. The number of hydrogen-bond donors (Lipinski definition) is 3. The van der Waals surface area contributed by atoms with E-state index in [0.29, 0.717) is 27.9 Å². The molecule has 0 fully saturated rings. The third-order valence-corrected chi connectivity index (χ3v) is 5.38. The summed E-state index contributed by atoms with van der Waals surface area (Å²) in [5.74, 6) is 0.818. The van der Waals surface area contributed by atoms with Crippen LogP contribution in [0.1, 0.15) is 25.9 Å². The van der Waals surface area contributed by atoms with E-state index in [2.05, 4.69) is 26.1 Å². The first-order chi connectivity index (χ1) is 14.5. The highest BCUT2D eigenvalue weighted by molar-refractivity contribution is 7.13. The molecule has 154 valence electrons. The number of hydrogen-bond acceptors (Lipinski definition) is 7. The van der Waals surface area contributed by atoms with E-state index in [4.69, 9.17) is 9.47 Å². The second kappa shape index (κ2) is 8.37. The largest absolute Gasteiger partial charge is 0.454 e. The van der Waals surface area contributed by atoms with Crippen LogP contribution in [0.3, 0.4) is 0 Å². The van der Waals surface area contributed by atoms with Gasteiger partial charge in [-0.2, -0.15) is 0 Å². The molecule has 3 N–H and O–H groups in total. The molecule has 0 saturated heterocycles. The number of fused-ring (bicyclic) bond motifs is 1. The Morgan fingerprint density at radius 1 is 0.967 bits per heavy atom. The van der Waals surface area contributed by atoms with E-state index in [-0.39, 0.29) is 24.4 Å². The van der Waals surface area contributed by atoms with Crippen molar-refractivity contribution in [3.8, 4) is 11.5 Å². The first kappa shape index (κ1) is 19.6. The minimum absolute atomic E-state index is 0.158. The summed E-state index contributed by atoms with van der Waals surface area (Å²) >= 11 is 1.11. The quantitative estimate of drug-likeness (QED) is 0.577. The zero-order chi connectivity index (χ0) is 21.1. The van der Waals surface area contributed by atoms with Crippen LogP contribution in [-0.2, 0) is 6.54 Å². The topological polar surface area (TPSA) is 114 Å². The standard InChI is InChI=1S/C20H19N5O4S/c1-11-3-4-13(7-12(11)2)23-20(27)21-9-17-24-25-19(30-17)18(26)22-14-5-6-15-16(8-14)29-10-28-15/h3-8H,9-10H2,1-2H3,(H,22,26)(H2,21,23,27). The Labute approximate surface area is 176 Å². The van der Waals surface area contributed by atoms with Crippen molar-refractivity contribution in [2.75, 3.05) is 17.4 Å². The fourth-order valence-corrected chi connectivity index (χ4v) is 3.40. The molecule has 0 radical (unpaired) electrons. The monoisotopic (exact) mass is 425 g/mol. The Morgan fingerprint density at radius 2 is 1.73 bits per heavy atom. The molecule has 0 atom stereocenters. The van der Waals surface area contributed by atoms with Gasteiger partial charge < -0.3 is 25.4 Å². The molecule has 1 aliphatic heterocycles. The summed E-state index contributed by atoms with van der Waals surface area (Å²) in [6.07, 6.45) is 0. The molecule has 3 amide bonds. The minimum Gasteiger partial charge on any atom is -0.454 e. The smallest absolute Gasteiger partial charge is 0.319 e. The second-order valence-corrected chi connectivity index (χ2v) is 7.69. The van der Waals surface area contributed by atoms with Gasteiger partial charge in [-0.05, 0) is 49.2 Å². The number of aromatic nitrogens is 2. The van der Waals surface area contributed by atoms with Crippen molar-refractivity contribution < 1.29 is 19.1 Å². The summed E-state index contributed by atoms with van der Waals surface area (Å²) in [5, 5.41) is 16.8. The van der Waals surface area contributed by atoms with Gasteiger partial charge in [0, 0.05) is 17.4 Å². The molecular weight excluding hydrogens is 406 g/mol. The van der Waals surface area contributed by atoms with Crippen LogP contribution in [0.5, 0.6) is 11.5 Å². The molecule has 30 heavy (non-hydrogen) atoms. The Hall–Kier alpha value is -3.66. The van der Waals surface area contributed by atoms with Crippen LogP contribution in [-0.4, -0.2) is 28.9 Å². The highest BCUT2D eigenvalue weighted by atomic mass is 32.1. The third-order valence-electron chi connectivity index (χ3n) is 4.46. The lowest BCUT2D eigenvalue weighted by molar-refractivity contribution is 0.102. The number of carbonyl (C=O) groups excluding carboxylic acids is 2. The van der Waals surface area contributed by atoms with E-state index in [9.17, 15) is 9.59 Å². The highest BCUT2D eigenvalue weighted by Crippen LogP contribution is 2.34. The van der Waals surface area contributed by atoms with E-state index in [1.165, 1.54) is 0 Å². The normalized spacial score (nSPS) is 11.8. The summed E-state index contributed by atoms with van der Waals surface area (Å²) in [6.45, 7) is 4.31. The molecule has 2 aromatic carbocycles. The van der Waals surface area contributed by atoms with Gasteiger partial charge in [-0.3, -0.25) is 4.79 Å². The van der Waals surface area contributed by atoms with E-state index in [0.717, 1.165) is 22.5 Å². The van der Waals surface area contributed by atoms with Crippen LogP contribution in [0, 0.1) is 13.8 Å². The van der Waals surface area contributed by atoms with E-state index in [1.807, 2.05) is 32.0 Å². The molecule has 1 aromatic heterocycles. The van der Waals surface area contributed by atoms with Gasteiger partial charge in [0.05, 0.1) is 6.54 Å². The molecule has 9 nitrogen and oxygen atoms in total. The Kier molecular flexibility index (Phi) is 5.48. The maximum Gasteiger partial charge on any atom is 0.319 e. The Morgan fingerprint density at radius 3 is 2.57 bits per heavy atom. The number of carbonyl (C=O) groups is 2. The van der Waals surface area contributed by atoms with Gasteiger partial charge in [0.1, 0.15) is 5.01 Å². The highest BCUT2D eigenvalue weighted by Gasteiger charge is 2.17. The maximum absolute atomic E-state index is 12.4. The molecule has 0 unspecified atom stereocenters. The average Bonchev–Trinajstić information content (AvgIpc) is 3.38. The zero-order valence-electron chi connectivity index (χ0n) is 16.3. The van der Waals surface area contributed by atoms with Crippen molar-refractivity contribution in [2.24, 2.45) is 0 Å². The first-order valence-electron chi connectivity index (χ1n) is 9.13. The fraction of sp³-hybridized carbons (Fsp3) is 0.200. The van der Waals surface area contributed by atoms with E-state index < -0.39 is 5.91 Å². The van der Waals surface area contributed by atoms with Crippen LogP contribution < -0.4 is 25.4 Å². The summed E-state index contributed by atoms with van der Waals surface area (Å²) in [5.41, 5.74) is 3.51. The lowest BCUT2D eigenvalue weighted by atomic mass is 10.1. The number of anilines is 2. The number of nitrogens with zero attached hydrogens (tertiary/aromatic N) is 2. The Balaban J connectivity index is 1.30. The molecular formula is C20H19N5O4S. The molecule has 0 saturated carbocycles. The van der Waals surface area contributed by atoms with Crippen molar-refractivity contribution in [3.63, 3.8) is 0 Å². The molecule has 0 bridgehead atoms. The van der Waals surface area contributed by atoms with Gasteiger partial charge in [0.25, 0.3) is 5.91 Å². The van der Waals surface area contributed by atoms with Crippen molar-refractivity contribution in [1.29, 1.82) is 0 Å². The van der Waals surface area contributed by atoms with Crippen LogP contribution in [0.2, 0.25) is 0 Å². The summed E-state index contributed by atoms with van der Waals surface area (Å²) < 4.78 is 10.5. The van der Waals surface area contributed by atoms with Gasteiger partial charge in [-0.25, -0.2) is 4.79 Å². The van der Waals surface area contributed by atoms with Crippen LogP contribution >= 0.6 is 11.3 Å². The van der Waals surface area contributed by atoms with Gasteiger partial charge in [0.15, 0.2) is 11.5 Å². The third kappa shape index (κ3) is 4.49. The molecule has 3 aromatic rings. The van der Waals surface area contributed by atoms with Crippen molar-refractivity contribution in [2.45, 2.75) is 20.4 Å². The molecule has 1 aliphatic rings. The number of nitrogens with one attached hydrogen (secondary N) is 3. The van der Waals surface area contributed by atoms with Gasteiger partial charge in [-0.15, -0.1) is 10.2 Å². The predicted molar refractivity (Wildman–Crippen MR) is 112 cm³/mol. The van der Waals surface area contributed by atoms with Crippen molar-refractivity contribution in [1.82, 2.24) is 15.5 Å². The molecule has 0 aliphatic carbocycles. The second-order valence-electron chi connectivity index (χ2n) is 6.63. The van der Waals surface area contributed by atoms with Crippen LogP contribution in [0.15, 0.2) is 36.4 Å². The molecule has 10 heteroatoms. The van der Waals surface area contributed by atoms with E-state index >= 15 is 0 Å². The van der Waals surface area contributed by atoms with Crippen molar-refractivity contribution >= 4 is 34.6 Å². The summed E-state index contributed by atoms with van der Waals surface area (Å²) in [4.78, 5) is 24.5. The van der Waals surface area contributed by atoms with E-state index in [1.54, 1.807) is 18.2 Å².